The predicted octanol–water partition coefficient (Wildman–Crippen LogP) is 3.34. The topological polar surface area (TPSA) is 46.9 Å². The molecule has 0 aliphatic heterocycles. The van der Waals surface area contributed by atoms with Crippen LogP contribution in [0.4, 0.5) is 5.69 Å². The van der Waals surface area contributed by atoms with E-state index in [0.29, 0.717) is 11.3 Å². The average Bonchev–Trinajstić information content (AvgIpc) is 2.93. The van der Waals surface area contributed by atoms with Crippen molar-refractivity contribution >= 4 is 11.6 Å². The second kappa shape index (κ2) is 5.63. The number of nitrogens with zero attached hydrogens (tertiary/aromatic N) is 2. The lowest BCUT2D eigenvalue weighted by Crippen LogP contribution is -2.11. The minimum Gasteiger partial charge on any atom is -0.319 e. The molecule has 104 valence electrons. The van der Waals surface area contributed by atoms with Crippen LogP contribution in [0, 0.1) is 0 Å². The van der Waals surface area contributed by atoms with Crippen molar-refractivity contribution in [2.45, 2.75) is 0 Å². The number of anilines is 1. The molecule has 1 aromatic heterocycles. The normalized spacial score (nSPS) is 10.3. The zero-order valence-electron chi connectivity index (χ0n) is 11.7. The van der Waals surface area contributed by atoms with Crippen molar-refractivity contribution in [1.29, 1.82) is 0 Å². The van der Waals surface area contributed by atoms with Gasteiger partial charge in [-0.3, -0.25) is 9.48 Å². The number of carbonyl (C=O) groups is 1. The van der Waals surface area contributed by atoms with E-state index in [9.17, 15) is 4.79 Å². The largest absolute Gasteiger partial charge is 0.319 e. The molecule has 3 rings (SSSR count). The van der Waals surface area contributed by atoms with Gasteiger partial charge in [0.2, 0.25) is 0 Å². The van der Waals surface area contributed by atoms with Crippen molar-refractivity contribution in [3.8, 4) is 11.1 Å². The molecule has 0 fully saturated rings. The highest BCUT2D eigenvalue weighted by molar-refractivity contribution is 6.04. The SMILES string of the molecule is Cn1cc(NC(=O)c2ccc(-c3ccccc3)cc2)cn1. The zero-order chi connectivity index (χ0) is 14.7. The third-order valence-electron chi connectivity index (χ3n) is 3.22. The van der Waals surface area contributed by atoms with Gasteiger partial charge in [-0.15, -0.1) is 0 Å². The third kappa shape index (κ3) is 3.00. The van der Waals surface area contributed by atoms with Crippen LogP contribution < -0.4 is 5.32 Å². The van der Waals surface area contributed by atoms with Crippen LogP contribution in [0.5, 0.6) is 0 Å². The Balaban J connectivity index is 1.76. The lowest BCUT2D eigenvalue weighted by atomic mass is 10.0. The number of aromatic nitrogens is 2. The molecule has 2 aromatic carbocycles. The van der Waals surface area contributed by atoms with Gasteiger partial charge in [-0.05, 0) is 23.3 Å². The second-order valence-corrected chi connectivity index (χ2v) is 4.80. The first-order valence-corrected chi connectivity index (χ1v) is 6.68. The first-order chi connectivity index (χ1) is 10.2. The number of amides is 1. The predicted molar refractivity (Wildman–Crippen MR) is 83.0 cm³/mol. The second-order valence-electron chi connectivity index (χ2n) is 4.80. The first-order valence-electron chi connectivity index (χ1n) is 6.68. The van der Waals surface area contributed by atoms with Crippen molar-refractivity contribution < 1.29 is 4.79 Å². The fourth-order valence-electron chi connectivity index (χ4n) is 2.13. The minimum atomic E-state index is -0.136. The van der Waals surface area contributed by atoms with E-state index in [2.05, 4.69) is 10.4 Å². The lowest BCUT2D eigenvalue weighted by Gasteiger charge is -2.05. The van der Waals surface area contributed by atoms with Gasteiger partial charge in [0, 0.05) is 18.8 Å². The Morgan fingerprint density at radius 1 is 1.00 bits per heavy atom. The van der Waals surface area contributed by atoms with Gasteiger partial charge < -0.3 is 5.32 Å². The molecule has 0 bridgehead atoms. The van der Waals surface area contributed by atoms with E-state index >= 15 is 0 Å². The number of nitrogens with one attached hydrogen (secondary N) is 1. The molecular weight excluding hydrogens is 262 g/mol. The van der Waals surface area contributed by atoms with Gasteiger partial charge in [0.1, 0.15) is 0 Å². The zero-order valence-corrected chi connectivity index (χ0v) is 11.7. The van der Waals surface area contributed by atoms with E-state index in [1.807, 2.05) is 61.6 Å². The molecule has 0 saturated heterocycles. The fourth-order valence-corrected chi connectivity index (χ4v) is 2.13. The molecule has 0 spiro atoms. The molecule has 21 heavy (non-hydrogen) atoms. The molecule has 4 heteroatoms. The van der Waals surface area contributed by atoms with Crippen molar-refractivity contribution in [1.82, 2.24) is 9.78 Å². The Morgan fingerprint density at radius 3 is 2.29 bits per heavy atom. The molecule has 0 aliphatic rings. The molecule has 1 amide bonds. The first kappa shape index (κ1) is 13.1. The molecule has 0 unspecified atom stereocenters. The van der Waals surface area contributed by atoms with Crippen LogP contribution in [-0.2, 0) is 7.05 Å². The monoisotopic (exact) mass is 277 g/mol. The van der Waals surface area contributed by atoms with E-state index in [1.54, 1.807) is 17.1 Å². The highest BCUT2D eigenvalue weighted by Crippen LogP contribution is 2.19. The van der Waals surface area contributed by atoms with Gasteiger partial charge in [-0.1, -0.05) is 42.5 Å². The molecule has 0 radical (unpaired) electrons. The standard InChI is InChI=1S/C17H15N3O/c1-20-12-16(11-18-20)19-17(21)15-9-7-14(8-10-15)13-5-3-2-4-6-13/h2-12H,1H3,(H,19,21). The number of hydrogen-bond donors (Lipinski definition) is 1. The van der Waals surface area contributed by atoms with E-state index in [0.717, 1.165) is 11.1 Å². The molecular formula is C17H15N3O. The van der Waals surface area contributed by atoms with Crippen LogP contribution in [0.25, 0.3) is 11.1 Å². The molecule has 4 nitrogen and oxygen atoms in total. The Hall–Kier alpha value is -2.88. The van der Waals surface area contributed by atoms with Gasteiger partial charge in [-0.2, -0.15) is 5.10 Å². The third-order valence-corrected chi connectivity index (χ3v) is 3.22. The summed E-state index contributed by atoms with van der Waals surface area (Å²) in [7, 11) is 1.81. The van der Waals surface area contributed by atoms with Crippen molar-refractivity contribution in [2.24, 2.45) is 7.05 Å². The van der Waals surface area contributed by atoms with Crippen LogP contribution in [-0.4, -0.2) is 15.7 Å². The van der Waals surface area contributed by atoms with E-state index < -0.39 is 0 Å². The molecule has 0 atom stereocenters. The number of aryl methyl sites for hydroxylation is 1. The van der Waals surface area contributed by atoms with Crippen LogP contribution in [0.2, 0.25) is 0 Å². The molecule has 0 saturated carbocycles. The van der Waals surface area contributed by atoms with E-state index in [-0.39, 0.29) is 5.91 Å². The van der Waals surface area contributed by atoms with Crippen molar-refractivity contribution in [3.63, 3.8) is 0 Å². The Morgan fingerprint density at radius 2 is 1.67 bits per heavy atom. The highest BCUT2D eigenvalue weighted by atomic mass is 16.1. The highest BCUT2D eigenvalue weighted by Gasteiger charge is 2.07. The van der Waals surface area contributed by atoms with Crippen LogP contribution in [0.3, 0.4) is 0 Å². The maximum atomic E-state index is 12.1. The molecule has 0 aliphatic carbocycles. The van der Waals surface area contributed by atoms with E-state index in [1.165, 1.54) is 0 Å². The quantitative estimate of drug-likeness (QED) is 0.798. The fraction of sp³-hybridized carbons (Fsp3) is 0.0588. The summed E-state index contributed by atoms with van der Waals surface area (Å²) in [6.45, 7) is 0. The van der Waals surface area contributed by atoms with Crippen LogP contribution >= 0.6 is 0 Å². The van der Waals surface area contributed by atoms with Crippen molar-refractivity contribution in [3.05, 3.63) is 72.6 Å². The number of hydrogen-bond acceptors (Lipinski definition) is 2. The summed E-state index contributed by atoms with van der Waals surface area (Å²) >= 11 is 0. The van der Waals surface area contributed by atoms with Gasteiger partial charge in [0.05, 0.1) is 11.9 Å². The number of benzene rings is 2. The summed E-state index contributed by atoms with van der Waals surface area (Å²) in [5, 5.41) is 6.84. The van der Waals surface area contributed by atoms with Gasteiger partial charge in [0.15, 0.2) is 0 Å². The Kier molecular flexibility index (Phi) is 3.51. The summed E-state index contributed by atoms with van der Waals surface area (Å²) in [5.74, 6) is -0.136. The minimum absolute atomic E-state index is 0.136. The maximum Gasteiger partial charge on any atom is 0.255 e. The maximum absolute atomic E-state index is 12.1. The van der Waals surface area contributed by atoms with Crippen LogP contribution in [0.1, 0.15) is 10.4 Å². The molecule has 3 aromatic rings. The summed E-state index contributed by atoms with van der Waals surface area (Å²) in [6.07, 6.45) is 3.38. The summed E-state index contributed by atoms with van der Waals surface area (Å²) in [4.78, 5) is 12.1. The smallest absolute Gasteiger partial charge is 0.255 e. The van der Waals surface area contributed by atoms with Crippen LogP contribution in [0.15, 0.2) is 67.0 Å². The number of carbonyl (C=O) groups excluding carboxylic acids is 1. The summed E-state index contributed by atoms with van der Waals surface area (Å²) < 4.78 is 1.65. The molecule has 1 heterocycles. The Labute approximate surface area is 123 Å². The van der Waals surface area contributed by atoms with E-state index in [4.69, 9.17) is 0 Å². The number of rotatable bonds is 3. The van der Waals surface area contributed by atoms with Gasteiger partial charge >= 0.3 is 0 Å². The average molecular weight is 277 g/mol. The van der Waals surface area contributed by atoms with Crippen molar-refractivity contribution in [2.75, 3.05) is 5.32 Å². The Bertz CT molecular complexity index is 745. The summed E-state index contributed by atoms with van der Waals surface area (Å²) in [6, 6.07) is 17.6. The lowest BCUT2D eigenvalue weighted by molar-refractivity contribution is 0.102. The van der Waals surface area contributed by atoms with Gasteiger partial charge in [-0.25, -0.2) is 0 Å². The summed E-state index contributed by atoms with van der Waals surface area (Å²) in [5.41, 5.74) is 3.54. The van der Waals surface area contributed by atoms with Gasteiger partial charge in [0.25, 0.3) is 5.91 Å². The molecule has 1 N–H and O–H groups in total.